The molecule has 1 aliphatic heterocycles. The van der Waals surface area contributed by atoms with Gasteiger partial charge < -0.3 is 20.1 Å². The molecule has 7 nitrogen and oxygen atoms in total. The quantitative estimate of drug-likeness (QED) is 0.669. The van der Waals surface area contributed by atoms with E-state index in [1.165, 1.54) is 18.9 Å². The highest BCUT2D eigenvalue weighted by Crippen LogP contribution is 2.32. The van der Waals surface area contributed by atoms with Crippen molar-refractivity contribution in [2.45, 2.75) is 18.6 Å². The third-order valence-electron chi connectivity index (χ3n) is 4.31. The van der Waals surface area contributed by atoms with Crippen molar-refractivity contribution in [3.05, 3.63) is 60.3 Å². The number of thioether (sulfide) groups is 1. The number of esters is 1. The lowest BCUT2D eigenvalue weighted by Gasteiger charge is -2.12. The monoisotopic (exact) mass is 425 g/mol. The van der Waals surface area contributed by atoms with Crippen LogP contribution in [0, 0.1) is 0 Å². The number of hydrogen-bond acceptors (Lipinski definition) is 7. The summed E-state index contributed by atoms with van der Waals surface area (Å²) in [4.78, 5) is 29.1. The molecule has 30 heavy (non-hydrogen) atoms. The van der Waals surface area contributed by atoms with Crippen molar-refractivity contribution in [3.63, 3.8) is 0 Å². The molecule has 1 amide bonds. The zero-order valence-electron chi connectivity index (χ0n) is 17.0. The molecule has 0 spiro atoms. The van der Waals surface area contributed by atoms with Crippen molar-refractivity contribution >= 4 is 45.7 Å². The number of methoxy groups -OCH3 is 2. The van der Waals surface area contributed by atoms with Crippen LogP contribution in [0.5, 0.6) is 5.75 Å². The fourth-order valence-corrected chi connectivity index (χ4v) is 3.61. The number of benzene rings is 2. The number of hydrogen-bond donors (Lipinski definition) is 2. The fourth-order valence-electron chi connectivity index (χ4n) is 2.72. The molecule has 0 unspecified atom stereocenters. The second kappa shape index (κ2) is 9.98. The van der Waals surface area contributed by atoms with Gasteiger partial charge in [-0.3, -0.25) is 9.59 Å². The lowest BCUT2D eigenvalue weighted by atomic mass is 10.2. The minimum atomic E-state index is -0.410. The van der Waals surface area contributed by atoms with Gasteiger partial charge in [-0.05, 0) is 49.4 Å². The van der Waals surface area contributed by atoms with Crippen LogP contribution in [-0.2, 0) is 14.3 Å². The number of nitrogens with one attached hydrogen (secondary N) is 2. The van der Waals surface area contributed by atoms with Crippen LogP contribution in [0.2, 0.25) is 0 Å². The largest absolute Gasteiger partial charge is 0.497 e. The molecular formula is C22H23N3O4S. The van der Waals surface area contributed by atoms with Crippen molar-refractivity contribution in [3.8, 4) is 5.75 Å². The van der Waals surface area contributed by atoms with E-state index in [0.29, 0.717) is 16.4 Å². The molecule has 0 radical (unpaired) electrons. The Hall–Kier alpha value is -3.26. The molecule has 0 fully saturated rings. The Morgan fingerprint density at radius 2 is 1.87 bits per heavy atom. The van der Waals surface area contributed by atoms with E-state index in [1.54, 1.807) is 37.5 Å². The minimum Gasteiger partial charge on any atom is -0.497 e. The third-order valence-corrected chi connectivity index (χ3v) is 5.33. The normalized spacial score (nSPS) is 13.6. The van der Waals surface area contributed by atoms with Crippen LogP contribution in [0.4, 0.5) is 17.1 Å². The van der Waals surface area contributed by atoms with Crippen LogP contribution >= 0.6 is 11.8 Å². The molecule has 0 aliphatic carbocycles. The number of anilines is 2. The predicted molar refractivity (Wildman–Crippen MR) is 121 cm³/mol. The highest BCUT2D eigenvalue weighted by atomic mass is 32.2. The number of rotatable bonds is 6. The molecule has 156 valence electrons. The van der Waals surface area contributed by atoms with Gasteiger partial charge in [0.2, 0.25) is 5.91 Å². The number of fused-ring (bicyclic) bond motifs is 1. The number of ether oxygens (including phenoxy) is 2. The summed E-state index contributed by atoms with van der Waals surface area (Å²) in [5.41, 5.74) is 2.86. The number of amides is 1. The number of carbonyl (C=O) groups excluding carboxylic acids is 2. The standard InChI is InChI=1S/C22H23N3O4S/c1-14(22(27)24-15-8-10-17(28-2)11-9-15)30-20-12-16(13-21(26)29-3)23-18-6-4-5-7-19(18)25-20/h4-12,14,23H,13H2,1-3H3,(H,24,27)/t14-/m1/s1. The number of carbonyl (C=O) groups is 2. The molecule has 0 bridgehead atoms. The number of aliphatic imine (C=N–C) groups is 1. The highest BCUT2D eigenvalue weighted by molar-refractivity contribution is 8.15. The van der Waals surface area contributed by atoms with Gasteiger partial charge in [-0.2, -0.15) is 0 Å². The zero-order chi connectivity index (χ0) is 21.5. The SMILES string of the molecule is COC(=O)CC1=CC(S[C@H](C)C(=O)Nc2ccc(OC)cc2)=Nc2ccccc2N1. The average Bonchev–Trinajstić information content (AvgIpc) is 2.92. The van der Waals surface area contributed by atoms with Crippen molar-refractivity contribution in [2.75, 3.05) is 24.9 Å². The molecule has 2 aromatic rings. The van der Waals surface area contributed by atoms with Gasteiger partial charge in [0.05, 0.1) is 42.3 Å². The first-order valence-electron chi connectivity index (χ1n) is 9.32. The Morgan fingerprint density at radius 1 is 1.13 bits per heavy atom. The molecule has 8 heteroatoms. The first-order chi connectivity index (χ1) is 14.5. The maximum Gasteiger partial charge on any atom is 0.311 e. The zero-order valence-corrected chi connectivity index (χ0v) is 17.8. The molecule has 3 rings (SSSR count). The van der Waals surface area contributed by atoms with E-state index in [2.05, 4.69) is 15.6 Å². The van der Waals surface area contributed by atoms with Crippen molar-refractivity contribution in [1.29, 1.82) is 0 Å². The van der Waals surface area contributed by atoms with E-state index in [9.17, 15) is 9.59 Å². The molecule has 2 aromatic carbocycles. The number of para-hydroxylation sites is 2. The first kappa shape index (κ1) is 21.4. The second-order valence-corrected chi connectivity index (χ2v) is 7.85. The molecular weight excluding hydrogens is 402 g/mol. The summed E-state index contributed by atoms with van der Waals surface area (Å²) >= 11 is 1.32. The summed E-state index contributed by atoms with van der Waals surface area (Å²) in [6.45, 7) is 1.81. The topological polar surface area (TPSA) is 89.0 Å². The van der Waals surface area contributed by atoms with Crippen LogP contribution in [0.25, 0.3) is 0 Å². The Morgan fingerprint density at radius 3 is 2.57 bits per heavy atom. The first-order valence-corrected chi connectivity index (χ1v) is 10.2. The molecule has 2 N–H and O–H groups in total. The van der Waals surface area contributed by atoms with Gasteiger partial charge in [0, 0.05) is 11.4 Å². The molecule has 1 atom stereocenters. The van der Waals surface area contributed by atoms with Crippen molar-refractivity contribution in [1.82, 2.24) is 0 Å². The van der Waals surface area contributed by atoms with Gasteiger partial charge in [-0.1, -0.05) is 23.9 Å². The van der Waals surface area contributed by atoms with Crippen LogP contribution in [-0.4, -0.2) is 36.4 Å². The van der Waals surface area contributed by atoms with E-state index in [-0.39, 0.29) is 18.3 Å². The van der Waals surface area contributed by atoms with Gasteiger partial charge in [-0.15, -0.1) is 0 Å². The summed E-state index contributed by atoms with van der Waals surface area (Å²) in [7, 11) is 2.94. The lowest BCUT2D eigenvalue weighted by molar-refractivity contribution is -0.139. The Kier molecular flexibility index (Phi) is 7.13. The second-order valence-electron chi connectivity index (χ2n) is 6.49. The molecule has 0 saturated carbocycles. The van der Waals surface area contributed by atoms with Crippen LogP contribution in [0.15, 0.2) is 65.3 Å². The minimum absolute atomic E-state index is 0.0802. The summed E-state index contributed by atoms with van der Waals surface area (Å²) in [6.07, 6.45) is 1.86. The summed E-state index contributed by atoms with van der Waals surface area (Å²) in [6, 6.07) is 14.7. The predicted octanol–water partition coefficient (Wildman–Crippen LogP) is 4.36. The van der Waals surface area contributed by atoms with Gasteiger partial charge in [0.15, 0.2) is 0 Å². The fraction of sp³-hybridized carbons (Fsp3) is 0.227. The third kappa shape index (κ3) is 5.64. The van der Waals surface area contributed by atoms with Crippen LogP contribution in [0.3, 0.4) is 0 Å². The van der Waals surface area contributed by atoms with Crippen molar-refractivity contribution < 1.29 is 19.1 Å². The Balaban J connectivity index is 1.75. The highest BCUT2D eigenvalue weighted by Gasteiger charge is 2.20. The lowest BCUT2D eigenvalue weighted by Crippen LogP contribution is -2.23. The van der Waals surface area contributed by atoms with Gasteiger partial charge in [0.25, 0.3) is 0 Å². The molecule has 0 aromatic heterocycles. The van der Waals surface area contributed by atoms with E-state index in [1.807, 2.05) is 31.2 Å². The molecule has 1 heterocycles. The summed E-state index contributed by atoms with van der Waals surface area (Å²) in [5, 5.41) is 6.33. The summed E-state index contributed by atoms with van der Waals surface area (Å²) < 4.78 is 9.91. The van der Waals surface area contributed by atoms with E-state index in [4.69, 9.17) is 9.47 Å². The smallest absolute Gasteiger partial charge is 0.311 e. The van der Waals surface area contributed by atoms with Gasteiger partial charge in [-0.25, -0.2) is 4.99 Å². The van der Waals surface area contributed by atoms with Crippen LogP contribution < -0.4 is 15.4 Å². The molecule has 0 saturated heterocycles. The Bertz CT molecular complexity index is 986. The van der Waals surface area contributed by atoms with E-state index >= 15 is 0 Å². The maximum atomic E-state index is 12.6. The van der Waals surface area contributed by atoms with Crippen molar-refractivity contribution in [2.24, 2.45) is 4.99 Å². The van der Waals surface area contributed by atoms with Crippen LogP contribution in [0.1, 0.15) is 13.3 Å². The van der Waals surface area contributed by atoms with Gasteiger partial charge in [0.1, 0.15) is 5.75 Å². The van der Waals surface area contributed by atoms with Gasteiger partial charge >= 0.3 is 5.97 Å². The number of nitrogens with zero attached hydrogens (tertiary/aromatic N) is 1. The Labute approximate surface area is 179 Å². The van der Waals surface area contributed by atoms with E-state index < -0.39 is 5.25 Å². The van der Waals surface area contributed by atoms with E-state index in [0.717, 1.165) is 17.1 Å². The maximum absolute atomic E-state index is 12.6. The molecule has 1 aliphatic rings. The summed E-state index contributed by atoms with van der Waals surface area (Å²) in [5.74, 6) is 0.210. The average molecular weight is 426 g/mol.